The van der Waals surface area contributed by atoms with E-state index >= 15 is 0 Å². The quantitative estimate of drug-likeness (QED) is 0.765. The van der Waals surface area contributed by atoms with Gasteiger partial charge in [0, 0.05) is 18.0 Å². The van der Waals surface area contributed by atoms with Crippen molar-refractivity contribution >= 4 is 17.7 Å². The van der Waals surface area contributed by atoms with Gasteiger partial charge in [-0.1, -0.05) is 25.0 Å². The zero-order chi connectivity index (χ0) is 12.3. The van der Waals surface area contributed by atoms with Gasteiger partial charge in [-0.15, -0.1) is 11.8 Å². The van der Waals surface area contributed by atoms with Crippen molar-refractivity contribution in [3.8, 4) is 0 Å². The van der Waals surface area contributed by atoms with Gasteiger partial charge < -0.3 is 4.90 Å². The van der Waals surface area contributed by atoms with Crippen LogP contribution in [0.5, 0.6) is 0 Å². The van der Waals surface area contributed by atoms with Crippen LogP contribution in [-0.2, 0) is 0 Å². The predicted octanol–water partition coefficient (Wildman–Crippen LogP) is 3.42. The fraction of sp³-hybridized carbons (Fsp3) is 0.500. The Balaban J connectivity index is 2.18. The molecule has 0 unspecified atom stereocenters. The fourth-order valence-electron chi connectivity index (χ4n) is 2.47. The van der Waals surface area contributed by atoms with Gasteiger partial charge in [-0.3, -0.25) is 4.79 Å². The van der Waals surface area contributed by atoms with Crippen LogP contribution in [-0.4, -0.2) is 30.2 Å². The first kappa shape index (κ1) is 12.5. The molecule has 1 aliphatic rings. The van der Waals surface area contributed by atoms with Gasteiger partial charge in [-0.05, 0) is 31.2 Å². The Kier molecular flexibility index (Phi) is 4.11. The molecule has 1 aliphatic carbocycles. The largest absolute Gasteiger partial charge is 0.339 e. The lowest BCUT2D eigenvalue weighted by Gasteiger charge is -2.25. The summed E-state index contributed by atoms with van der Waals surface area (Å²) in [6, 6.07) is 8.31. The molecule has 1 aromatic carbocycles. The van der Waals surface area contributed by atoms with Crippen LogP contribution in [0, 0.1) is 0 Å². The number of thioether (sulfide) groups is 1. The molecule has 0 spiro atoms. The van der Waals surface area contributed by atoms with E-state index in [4.69, 9.17) is 0 Å². The van der Waals surface area contributed by atoms with Gasteiger partial charge in [0.25, 0.3) is 5.91 Å². The molecule has 0 heterocycles. The first-order valence-electron chi connectivity index (χ1n) is 6.14. The molecule has 0 aromatic heterocycles. The number of carbonyl (C=O) groups excluding carboxylic acids is 1. The molecule has 2 nitrogen and oxygen atoms in total. The van der Waals surface area contributed by atoms with Crippen molar-refractivity contribution < 1.29 is 4.79 Å². The third-order valence-corrected chi connectivity index (χ3v) is 4.33. The average Bonchev–Trinajstić information content (AvgIpc) is 2.90. The van der Waals surface area contributed by atoms with Gasteiger partial charge in [0.15, 0.2) is 0 Å². The van der Waals surface area contributed by atoms with Gasteiger partial charge >= 0.3 is 0 Å². The van der Waals surface area contributed by atoms with Gasteiger partial charge in [-0.2, -0.15) is 0 Å². The fourth-order valence-corrected chi connectivity index (χ4v) is 3.06. The highest BCUT2D eigenvalue weighted by atomic mass is 32.2. The highest BCUT2D eigenvalue weighted by Gasteiger charge is 2.25. The topological polar surface area (TPSA) is 20.3 Å². The van der Waals surface area contributed by atoms with E-state index in [0.29, 0.717) is 6.04 Å². The van der Waals surface area contributed by atoms with E-state index in [1.54, 1.807) is 11.8 Å². The lowest BCUT2D eigenvalue weighted by molar-refractivity contribution is 0.0731. The predicted molar refractivity (Wildman–Crippen MR) is 72.6 cm³/mol. The van der Waals surface area contributed by atoms with Crippen LogP contribution in [0.25, 0.3) is 0 Å². The Morgan fingerprint density at radius 3 is 2.59 bits per heavy atom. The van der Waals surface area contributed by atoms with E-state index in [1.807, 2.05) is 42.5 Å². The summed E-state index contributed by atoms with van der Waals surface area (Å²) in [6.45, 7) is 0. The molecule has 1 fully saturated rings. The molecule has 3 heteroatoms. The molecule has 1 saturated carbocycles. The summed E-state index contributed by atoms with van der Waals surface area (Å²) >= 11 is 1.64. The average molecular weight is 249 g/mol. The first-order valence-corrected chi connectivity index (χ1v) is 7.36. The second-order valence-electron chi connectivity index (χ2n) is 4.55. The van der Waals surface area contributed by atoms with E-state index in [2.05, 4.69) is 0 Å². The third kappa shape index (κ3) is 2.65. The molecular formula is C14H19NOS. The van der Waals surface area contributed by atoms with Crippen LogP contribution in [0.1, 0.15) is 36.0 Å². The minimum Gasteiger partial charge on any atom is -0.339 e. The minimum atomic E-state index is 0.168. The lowest BCUT2D eigenvalue weighted by atomic mass is 10.1. The Morgan fingerprint density at radius 2 is 1.94 bits per heavy atom. The molecule has 0 saturated heterocycles. The zero-order valence-corrected chi connectivity index (χ0v) is 11.3. The number of carbonyl (C=O) groups is 1. The van der Waals surface area contributed by atoms with E-state index in [1.165, 1.54) is 12.8 Å². The van der Waals surface area contributed by atoms with E-state index < -0.39 is 0 Å². The van der Waals surface area contributed by atoms with Gasteiger partial charge in [-0.25, -0.2) is 0 Å². The van der Waals surface area contributed by atoms with Crippen LogP contribution in [0.3, 0.4) is 0 Å². The molecule has 0 radical (unpaired) electrons. The highest BCUT2D eigenvalue weighted by Crippen LogP contribution is 2.26. The first-order chi connectivity index (χ1) is 8.24. The molecule has 1 aromatic rings. The molecule has 1 amide bonds. The molecule has 17 heavy (non-hydrogen) atoms. The summed E-state index contributed by atoms with van der Waals surface area (Å²) in [5.41, 5.74) is 0.842. The van der Waals surface area contributed by atoms with Crippen molar-refractivity contribution in [2.45, 2.75) is 36.6 Å². The molecule has 2 rings (SSSR count). The normalized spacial score (nSPS) is 16.1. The smallest absolute Gasteiger partial charge is 0.254 e. The molecular weight excluding hydrogens is 230 g/mol. The number of benzene rings is 1. The van der Waals surface area contributed by atoms with Gasteiger partial charge in [0.1, 0.15) is 0 Å². The molecule has 92 valence electrons. The van der Waals surface area contributed by atoms with Crippen molar-refractivity contribution in [3.63, 3.8) is 0 Å². The number of rotatable bonds is 3. The van der Waals surface area contributed by atoms with Crippen LogP contribution in [0.4, 0.5) is 0 Å². The summed E-state index contributed by atoms with van der Waals surface area (Å²) in [4.78, 5) is 15.4. The summed E-state index contributed by atoms with van der Waals surface area (Å²) in [5.74, 6) is 0.168. The number of hydrogen-bond donors (Lipinski definition) is 0. The highest BCUT2D eigenvalue weighted by molar-refractivity contribution is 7.98. The molecule has 0 aliphatic heterocycles. The summed E-state index contributed by atoms with van der Waals surface area (Å²) in [6.07, 6.45) is 6.84. The Hall–Kier alpha value is -0.960. The lowest BCUT2D eigenvalue weighted by Crippen LogP contribution is -2.35. The van der Waals surface area contributed by atoms with E-state index in [9.17, 15) is 4.79 Å². The minimum absolute atomic E-state index is 0.168. The second kappa shape index (κ2) is 5.58. The zero-order valence-electron chi connectivity index (χ0n) is 10.5. The third-order valence-electron chi connectivity index (χ3n) is 3.53. The van der Waals surface area contributed by atoms with Crippen LogP contribution in [0.15, 0.2) is 29.2 Å². The van der Waals surface area contributed by atoms with E-state index in [-0.39, 0.29) is 5.91 Å². The maximum Gasteiger partial charge on any atom is 0.254 e. The van der Waals surface area contributed by atoms with Crippen molar-refractivity contribution in [2.75, 3.05) is 13.3 Å². The van der Waals surface area contributed by atoms with Gasteiger partial charge in [0.05, 0.1) is 5.56 Å². The standard InChI is InChI=1S/C14H19NOS/c1-15(11-7-3-4-8-11)14(16)12-9-5-6-10-13(12)17-2/h5-6,9-11H,3-4,7-8H2,1-2H3. The SMILES string of the molecule is CSc1ccccc1C(=O)N(C)C1CCCC1. The maximum atomic E-state index is 12.4. The second-order valence-corrected chi connectivity index (χ2v) is 5.40. The monoisotopic (exact) mass is 249 g/mol. The van der Waals surface area contributed by atoms with Crippen LogP contribution >= 0.6 is 11.8 Å². The Bertz CT molecular complexity index is 399. The summed E-state index contributed by atoms with van der Waals surface area (Å²) in [5, 5.41) is 0. The van der Waals surface area contributed by atoms with Crippen molar-refractivity contribution in [1.82, 2.24) is 4.90 Å². The number of nitrogens with zero attached hydrogens (tertiary/aromatic N) is 1. The van der Waals surface area contributed by atoms with Crippen molar-refractivity contribution in [2.24, 2.45) is 0 Å². The van der Waals surface area contributed by atoms with Crippen LogP contribution in [0.2, 0.25) is 0 Å². The molecule has 0 bridgehead atoms. The van der Waals surface area contributed by atoms with Crippen LogP contribution < -0.4 is 0 Å². The van der Waals surface area contributed by atoms with Crippen molar-refractivity contribution in [1.29, 1.82) is 0 Å². The van der Waals surface area contributed by atoms with Crippen molar-refractivity contribution in [3.05, 3.63) is 29.8 Å². The Morgan fingerprint density at radius 1 is 1.29 bits per heavy atom. The Labute approximate surface area is 107 Å². The molecule has 0 N–H and O–H groups in total. The molecule has 0 atom stereocenters. The number of hydrogen-bond acceptors (Lipinski definition) is 2. The maximum absolute atomic E-state index is 12.4. The number of amides is 1. The van der Waals surface area contributed by atoms with E-state index in [0.717, 1.165) is 23.3 Å². The van der Waals surface area contributed by atoms with Gasteiger partial charge in [0.2, 0.25) is 0 Å². The summed E-state index contributed by atoms with van der Waals surface area (Å²) < 4.78 is 0. The summed E-state index contributed by atoms with van der Waals surface area (Å²) in [7, 11) is 1.94.